The normalized spacial score (nSPS) is 10.5. The number of nitrogens with one attached hydrogen (secondary N) is 1. The molecule has 2 heteroatoms. The van der Waals surface area contributed by atoms with E-state index in [1.165, 1.54) is 6.07 Å². The van der Waals surface area contributed by atoms with Gasteiger partial charge < -0.3 is 4.98 Å². The van der Waals surface area contributed by atoms with E-state index in [0.717, 1.165) is 5.39 Å². The summed E-state index contributed by atoms with van der Waals surface area (Å²) in [5, 5.41) is 1.57. The zero-order chi connectivity index (χ0) is 6.97. The van der Waals surface area contributed by atoms with Crippen molar-refractivity contribution in [2.45, 2.75) is 0 Å². The number of aromatic amines is 1. The number of fused-ring (bicyclic) bond motifs is 1. The molecule has 2 rings (SSSR count). The monoisotopic (exact) mass is 135 g/mol. The number of H-pyrrole nitrogens is 1. The van der Waals surface area contributed by atoms with E-state index < -0.39 is 0 Å². The summed E-state index contributed by atoms with van der Waals surface area (Å²) >= 11 is 0. The summed E-state index contributed by atoms with van der Waals surface area (Å²) in [5.41, 5.74) is 0. The molecule has 0 saturated heterocycles. The minimum Gasteiger partial charge on any atom is -0.366 e. The minimum atomic E-state index is -0.168. The molecule has 1 aromatic heterocycles. The van der Waals surface area contributed by atoms with Crippen LogP contribution in [0.3, 0.4) is 0 Å². The Hall–Kier alpha value is -1.31. The van der Waals surface area contributed by atoms with Crippen LogP contribution in [0, 0.1) is 5.82 Å². The van der Waals surface area contributed by atoms with Gasteiger partial charge in [0.25, 0.3) is 0 Å². The first kappa shape index (κ1) is 5.47. The van der Waals surface area contributed by atoms with Crippen molar-refractivity contribution in [1.82, 2.24) is 4.98 Å². The number of halogens is 1. The van der Waals surface area contributed by atoms with Gasteiger partial charge in [0.15, 0.2) is 0 Å². The van der Waals surface area contributed by atoms with Gasteiger partial charge in [-0.15, -0.1) is 0 Å². The maximum absolute atomic E-state index is 12.8. The van der Waals surface area contributed by atoms with Crippen LogP contribution in [0.15, 0.2) is 30.6 Å². The van der Waals surface area contributed by atoms with Gasteiger partial charge in [0.2, 0.25) is 0 Å². The number of hydrogen-bond donors (Lipinski definition) is 1. The summed E-state index contributed by atoms with van der Waals surface area (Å²) in [6.07, 6.45) is 3.43. The molecule has 0 aliphatic carbocycles. The summed E-state index contributed by atoms with van der Waals surface area (Å²) in [6.45, 7) is 0. The molecule has 0 unspecified atom stereocenters. The second-order valence-electron chi connectivity index (χ2n) is 2.20. The predicted molar refractivity (Wildman–Crippen MR) is 38.3 cm³/mol. The minimum absolute atomic E-state index is 0.168. The fraction of sp³-hybridized carbons (Fsp3) is 0. The molecular formula is C8H6FN. The van der Waals surface area contributed by atoms with Crippen molar-refractivity contribution in [3.8, 4) is 0 Å². The van der Waals surface area contributed by atoms with Crippen LogP contribution in [0.5, 0.6) is 0 Å². The molecular weight excluding hydrogens is 129 g/mol. The van der Waals surface area contributed by atoms with E-state index in [1.807, 2.05) is 6.07 Å². The van der Waals surface area contributed by atoms with Gasteiger partial charge >= 0.3 is 0 Å². The van der Waals surface area contributed by atoms with Crippen LogP contribution in [0.25, 0.3) is 10.8 Å². The summed E-state index contributed by atoms with van der Waals surface area (Å²) < 4.78 is 12.8. The molecule has 0 saturated carbocycles. The highest BCUT2D eigenvalue weighted by molar-refractivity contribution is 5.82. The summed E-state index contributed by atoms with van der Waals surface area (Å²) in [6, 6.07) is 5.02. The third-order valence-corrected chi connectivity index (χ3v) is 1.55. The highest BCUT2D eigenvalue weighted by Crippen LogP contribution is 2.15. The number of rotatable bonds is 0. The third kappa shape index (κ3) is 0.620. The standard InChI is InChI=1S/C8H6FN/c9-8-3-1-2-6-4-10-5-7(6)8/h1-5,10H. The maximum atomic E-state index is 12.8. The van der Waals surface area contributed by atoms with E-state index in [4.69, 9.17) is 0 Å². The third-order valence-electron chi connectivity index (χ3n) is 1.55. The van der Waals surface area contributed by atoms with Crippen LogP contribution in [-0.2, 0) is 0 Å². The van der Waals surface area contributed by atoms with Crippen molar-refractivity contribution in [3.63, 3.8) is 0 Å². The molecule has 50 valence electrons. The lowest BCUT2D eigenvalue weighted by Crippen LogP contribution is -1.70. The average Bonchev–Trinajstić information content (AvgIpc) is 2.36. The van der Waals surface area contributed by atoms with E-state index in [-0.39, 0.29) is 5.82 Å². The van der Waals surface area contributed by atoms with Crippen LogP contribution in [-0.4, -0.2) is 4.98 Å². The first-order valence-electron chi connectivity index (χ1n) is 3.09. The quantitative estimate of drug-likeness (QED) is 0.570. The Balaban J connectivity index is 2.95. The van der Waals surface area contributed by atoms with Gasteiger partial charge in [0.05, 0.1) is 0 Å². The topological polar surface area (TPSA) is 15.8 Å². The Kier molecular flexibility index (Phi) is 1.01. The lowest BCUT2D eigenvalue weighted by atomic mass is 10.2. The molecule has 0 fully saturated rings. The first-order valence-corrected chi connectivity index (χ1v) is 3.09. The van der Waals surface area contributed by atoms with Crippen molar-refractivity contribution in [1.29, 1.82) is 0 Å². The summed E-state index contributed by atoms with van der Waals surface area (Å²) in [7, 11) is 0. The van der Waals surface area contributed by atoms with Gasteiger partial charge in [-0.05, 0) is 6.07 Å². The molecule has 0 bridgehead atoms. The fourth-order valence-electron chi connectivity index (χ4n) is 1.05. The molecule has 1 N–H and O–H groups in total. The largest absolute Gasteiger partial charge is 0.366 e. The highest BCUT2D eigenvalue weighted by atomic mass is 19.1. The van der Waals surface area contributed by atoms with Crippen LogP contribution in [0.4, 0.5) is 4.39 Å². The molecule has 0 radical (unpaired) electrons. The number of hydrogen-bond acceptors (Lipinski definition) is 0. The molecule has 0 aliphatic rings. The van der Waals surface area contributed by atoms with E-state index in [2.05, 4.69) is 4.98 Å². The smallest absolute Gasteiger partial charge is 0.132 e. The SMILES string of the molecule is Fc1cccc2c[nH]cc12. The number of benzene rings is 1. The Bertz CT molecular complexity index is 351. The Morgan fingerprint density at radius 3 is 2.90 bits per heavy atom. The molecule has 0 spiro atoms. The zero-order valence-corrected chi connectivity index (χ0v) is 5.26. The second kappa shape index (κ2) is 1.84. The second-order valence-corrected chi connectivity index (χ2v) is 2.20. The Morgan fingerprint density at radius 1 is 1.20 bits per heavy atom. The summed E-state index contributed by atoms with van der Waals surface area (Å²) in [5.74, 6) is -0.168. The molecule has 1 heterocycles. The van der Waals surface area contributed by atoms with Gasteiger partial charge in [-0.2, -0.15) is 0 Å². The van der Waals surface area contributed by atoms with E-state index in [1.54, 1.807) is 18.5 Å². The van der Waals surface area contributed by atoms with Gasteiger partial charge in [-0.25, -0.2) is 4.39 Å². The van der Waals surface area contributed by atoms with Gasteiger partial charge in [-0.1, -0.05) is 12.1 Å². The van der Waals surface area contributed by atoms with Crippen molar-refractivity contribution in [2.75, 3.05) is 0 Å². The predicted octanol–water partition coefficient (Wildman–Crippen LogP) is 2.31. The van der Waals surface area contributed by atoms with Crippen LogP contribution >= 0.6 is 0 Å². The first-order chi connectivity index (χ1) is 4.88. The van der Waals surface area contributed by atoms with Crippen molar-refractivity contribution < 1.29 is 4.39 Å². The molecule has 1 aromatic carbocycles. The van der Waals surface area contributed by atoms with Gasteiger partial charge in [0.1, 0.15) is 5.82 Å². The molecule has 0 amide bonds. The zero-order valence-electron chi connectivity index (χ0n) is 5.26. The maximum Gasteiger partial charge on any atom is 0.132 e. The highest BCUT2D eigenvalue weighted by Gasteiger charge is 1.97. The van der Waals surface area contributed by atoms with E-state index in [9.17, 15) is 4.39 Å². The van der Waals surface area contributed by atoms with Crippen LogP contribution in [0.1, 0.15) is 0 Å². The lowest BCUT2D eigenvalue weighted by molar-refractivity contribution is 0.640. The lowest BCUT2D eigenvalue weighted by Gasteiger charge is -1.87. The molecule has 10 heavy (non-hydrogen) atoms. The molecule has 0 aliphatic heterocycles. The van der Waals surface area contributed by atoms with Crippen molar-refractivity contribution in [3.05, 3.63) is 36.4 Å². The number of aromatic nitrogens is 1. The molecule has 1 nitrogen and oxygen atoms in total. The van der Waals surface area contributed by atoms with E-state index in [0.29, 0.717) is 5.39 Å². The van der Waals surface area contributed by atoms with Crippen molar-refractivity contribution in [2.24, 2.45) is 0 Å². The molecule has 2 aromatic rings. The van der Waals surface area contributed by atoms with Crippen LogP contribution in [0.2, 0.25) is 0 Å². The fourth-order valence-corrected chi connectivity index (χ4v) is 1.05. The Labute approximate surface area is 57.5 Å². The summed E-state index contributed by atoms with van der Waals surface area (Å²) in [4.78, 5) is 2.84. The van der Waals surface area contributed by atoms with Gasteiger partial charge in [0, 0.05) is 23.2 Å². The van der Waals surface area contributed by atoms with Gasteiger partial charge in [-0.3, -0.25) is 0 Å². The Morgan fingerprint density at radius 2 is 2.10 bits per heavy atom. The molecule has 0 atom stereocenters. The van der Waals surface area contributed by atoms with Crippen molar-refractivity contribution >= 4 is 10.8 Å². The van der Waals surface area contributed by atoms with Crippen LogP contribution < -0.4 is 0 Å². The van der Waals surface area contributed by atoms with E-state index >= 15 is 0 Å². The average molecular weight is 135 g/mol.